The molecule has 1 heterocycles. The molecule has 1 amide bonds. The quantitative estimate of drug-likeness (QED) is 0.685. The zero-order valence-corrected chi connectivity index (χ0v) is 12.3. The minimum absolute atomic E-state index is 0.331. The van der Waals surface area contributed by atoms with Crippen LogP contribution in [0.3, 0.4) is 0 Å². The van der Waals surface area contributed by atoms with Crippen molar-refractivity contribution in [1.82, 2.24) is 14.7 Å². The van der Waals surface area contributed by atoms with Gasteiger partial charge in [-0.05, 0) is 19.9 Å². The van der Waals surface area contributed by atoms with E-state index < -0.39 is 0 Å². The molecular formula is C14H29N3O. The number of carbonyl (C=O) groups is 1. The van der Waals surface area contributed by atoms with Crippen LogP contribution in [0.15, 0.2) is 0 Å². The van der Waals surface area contributed by atoms with Crippen LogP contribution in [-0.2, 0) is 4.79 Å². The first-order valence-corrected chi connectivity index (χ1v) is 7.36. The Morgan fingerprint density at radius 1 is 1.06 bits per heavy atom. The van der Waals surface area contributed by atoms with E-state index >= 15 is 0 Å². The van der Waals surface area contributed by atoms with Crippen LogP contribution in [-0.4, -0.2) is 73.5 Å². The molecule has 0 aromatic rings. The van der Waals surface area contributed by atoms with E-state index in [1.165, 1.54) is 0 Å². The molecule has 1 aliphatic heterocycles. The molecule has 0 unspecified atom stereocenters. The van der Waals surface area contributed by atoms with Crippen molar-refractivity contribution in [3.8, 4) is 0 Å². The monoisotopic (exact) mass is 255 g/mol. The Morgan fingerprint density at radius 2 is 1.61 bits per heavy atom. The van der Waals surface area contributed by atoms with Gasteiger partial charge >= 0.3 is 0 Å². The molecule has 4 nitrogen and oxygen atoms in total. The lowest BCUT2D eigenvalue weighted by Gasteiger charge is -2.32. The Balaban J connectivity index is 2.25. The summed E-state index contributed by atoms with van der Waals surface area (Å²) >= 11 is 0. The lowest BCUT2D eigenvalue weighted by atomic mass is 10.2. The van der Waals surface area contributed by atoms with Gasteiger partial charge in [0.25, 0.3) is 0 Å². The summed E-state index contributed by atoms with van der Waals surface area (Å²) in [5.74, 6) is 0.331. The molecule has 1 saturated heterocycles. The van der Waals surface area contributed by atoms with E-state index in [9.17, 15) is 4.79 Å². The first-order valence-electron chi connectivity index (χ1n) is 7.36. The van der Waals surface area contributed by atoms with Gasteiger partial charge in [-0.1, -0.05) is 13.8 Å². The van der Waals surface area contributed by atoms with Crippen molar-refractivity contribution in [1.29, 1.82) is 0 Å². The molecule has 0 bridgehead atoms. The highest BCUT2D eigenvalue weighted by Gasteiger charge is 2.16. The van der Waals surface area contributed by atoms with Gasteiger partial charge in [0.1, 0.15) is 0 Å². The number of rotatable bonds is 7. The van der Waals surface area contributed by atoms with Gasteiger partial charge in [-0.25, -0.2) is 0 Å². The number of hydrogen-bond acceptors (Lipinski definition) is 3. The fraction of sp³-hybridized carbons (Fsp3) is 0.929. The third-order valence-electron chi connectivity index (χ3n) is 3.58. The predicted octanol–water partition coefficient (Wildman–Crippen LogP) is 1.27. The van der Waals surface area contributed by atoms with E-state index in [0.29, 0.717) is 12.3 Å². The molecular weight excluding hydrogens is 226 g/mol. The van der Waals surface area contributed by atoms with Gasteiger partial charge in [0, 0.05) is 52.2 Å². The summed E-state index contributed by atoms with van der Waals surface area (Å²) in [7, 11) is 2.16. The molecule has 106 valence electrons. The van der Waals surface area contributed by atoms with Crippen LogP contribution in [0, 0.1) is 0 Å². The largest absolute Gasteiger partial charge is 0.343 e. The Labute approximate surface area is 112 Å². The molecule has 0 atom stereocenters. The van der Waals surface area contributed by atoms with E-state index in [1.54, 1.807) is 0 Å². The molecule has 0 spiro atoms. The van der Waals surface area contributed by atoms with Crippen molar-refractivity contribution in [2.45, 2.75) is 33.1 Å². The van der Waals surface area contributed by atoms with Gasteiger partial charge in [-0.3, -0.25) is 4.79 Å². The Kier molecular flexibility index (Phi) is 7.28. The van der Waals surface area contributed by atoms with Crippen molar-refractivity contribution in [2.24, 2.45) is 0 Å². The molecule has 0 aromatic heterocycles. The Morgan fingerprint density at radius 3 is 2.11 bits per heavy atom. The van der Waals surface area contributed by atoms with Crippen LogP contribution >= 0.6 is 0 Å². The summed E-state index contributed by atoms with van der Waals surface area (Å²) in [6.45, 7) is 11.5. The number of piperazine rings is 1. The van der Waals surface area contributed by atoms with E-state index in [-0.39, 0.29) is 0 Å². The molecule has 0 aliphatic carbocycles. The SMILES string of the molecule is CCCN(CCC)C(=O)CCN1CCN(C)CC1. The summed E-state index contributed by atoms with van der Waals surface area (Å²) in [5.41, 5.74) is 0. The highest BCUT2D eigenvalue weighted by molar-refractivity contribution is 5.76. The van der Waals surface area contributed by atoms with E-state index in [1.807, 2.05) is 4.90 Å². The van der Waals surface area contributed by atoms with Crippen LogP contribution in [0.5, 0.6) is 0 Å². The van der Waals surface area contributed by atoms with Gasteiger partial charge in [-0.15, -0.1) is 0 Å². The van der Waals surface area contributed by atoms with Crippen molar-refractivity contribution in [3.63, 3.8) is 0 Å². The van der Waals surface area contributed by atoms with Crippen LogP contribution in [0.2, 0.25) is 0 Å². The number of nitrogens with zero attached hydrogens (tertiary/aromatic N) is 3. The van der Waals surface area contributed by atoms with Crippen LogP contribution in [0.25, 0.3) is 0 Å². The van der Waals surface area contributed by atoms with Gasteiger partial charge in [0.05, 0.1) is 0 Å². The number of hydrogen-bond donors (Lipinski definition) is 0. The lowest BCUT2D eigenvalue weighted by molar-refractivity contribution is -0.131. The van der Waals surface area contributed by atoms with E-state index in [0.717, 1.165) is 58.7 Å². The number of carbonyl (C=O) groups excluding carboxylic acids is 1. The minimum Gasteiger partial charge on any atom is -0.343 e. The minimum atomic E-state index is 0.331. The fourth-order valence-corrected chi connectivity index (χ4v) is 2.38. The van der Waals surface area contributed by atoms with Crippen molar-refractivity contribution in [3.05, 3.63) is 0 Å². The smallest absolute Gasteiger partial charge is 0.223 e. The zero-order chi connectivity index (χ0) is 13.4. The average Bonchev–Trinajstić information content (AvgIpc) is 2.37. The second-order valence-corrected chi connectivity index (χ2v) is 5.28. The van der Waals surface area contributed by atoms with E-state index in [4.69, 9.17) is 0 Å². The summed E-state index contributed by atoms with van der Waals surface area (Å²) in [6.07, 6.45) is 2.80. The number of likely N-dealkylation sites (N-methyl/N-ethyl adjacent to an activating group) is 1. The molecule has 0 radical (unpaired) electrons. The predicted molar refractivity (Wildman–Crippen MR) is 75.7 cm³/mol. The molecule has 1 rings (SSSR count). The molecule has 0 saturated carbocycles. The zero-order valence-electron chi connectivity index (χ0n) is 12.3. The first kappa shape index (κ1) is 15.4. The van der Waals surface area contributed by atoms with Gasteiger partial charge in [-0.2, -0.15) is 0 Å². The first-order chi connectivity index (χ1) is 8.67. The summed E-state index contributed by atoms with van der Waals surface area (Å²) in [4.78, 5) is 18.9. The fourth-order valence-electron chi connectivity index (χ4n) is 2.38. The van der Waals surface area contributed by atoms with Crippen LogP contribution < -0.4 is 0 Å². The van der Waals surface area contributed by atoms with Gasteiger partial charge in [0.15, 0.2) is 0 Å². The maximum Gasteiger partial charge on any atom is 0.223 e. The summed E-state index contributed by atoms with van der Waals surface area (Å²) in [6, 6.07) is 0. The van der Waals surface area contributed by atoms with Crippen LogP contribution in [0.4, 0.5) is 0 Å². The Bertz CT molecular complexity index is 231. The average molecular weight is 255 g/mol. The van der Waals surface area contributed by atoms with Crippen LogP contribution in [0.1, 0.15) is 33.1 Å². The van der Waals surface area contributed by atoms with Crippen molar-refractivity contribution in [2.75, 3.05) is 52.9 Å². The van der Waals surface area contributed by atoms with Crippen molar-refractivity contribution < 1.29 is 4.79 Å². The normalized spacial score (nSPS) is 17.9. The Hall–Kier alpha value is -0.610. The molecule has 0 aromatic carbocycles. The van der Waals surface area contributed by atoms with Gasteiger partial charge < -0.3 is 14.7 Å². The molecule has 1 aliphatic rings. The molecule has 18 heavy (non-hydrogen) atoms. The lowest BCUT2D eigenvalue weighted by Crippen LogP contribution is -2.45. The molecule has 0 N–H and O–H groups in total. The third kappa shape index (κ3) is 5.36. The van der Waals surface area contributed by atoms with E-state index in [2.05, 4.69) is 30.7 Å². The standard InChI is InChI=1S/C14H29N3O/c1-4-7-17(8-5-2)14(18)6-9-16-12-10-15(3)11-13-16/h4-13H2,1-3H3. The second-order valence-electron chi connectivity index (χ2n) is 5.28. The second kappa shape index (κ2) is 8.48. The highest BCUT2D eigenvalue weighted by atomic mass is 16.2. The maximum atomic E-state index is 12.1. The number of amides is 1. The highest BCUT2D eigenvalue weighted by Crippen LogP contribution is 2.03. The van der Waals surface area contributed by atoms with Crippen molar-refractivity contribution >= 4 is 5.91 Å². The maximum absolute atomic E-state index is 12.1. The summed E-state index contributed by atoms with van der Waals surface area (Å²) < 4.78 is 0. The third-order valence-corrected chi connectivity index (χ3v) is 3.58. The van der Waals surface area contributed by atoms with Gasteiger partial charge in [0.2, 0.25) is 5.91 Å². The summed E-state index contributed by atoms with van der Waals surface area (Å²) in [5, 5.41) is 0. The topological polar surface area (TPSA) is 26.8 Å². The molecule has 1 fully saturated rings. The molecule has 4 heteroatoms.